The van der Waals surface area contributed by atoms with E-state index in [1.165, 1.54) is 0 Å². The molecule has 19 heavy (non-hydrogen) atoms. The second-order valence-corrected chi connectivity index (χ2v) is 5.69. The molecule has 0 heterocycles. The van der Waals surface area contributed by atoms with Gasteiger partial charge >= 0.3 is 0 Å². The topological polar surface area (TPSA) is 58.4 Å². The molecule has 0 saturated carbocycles. The first-order valence-corrected chi connectivity index (χ1v) is 6.68. The maximum absolute atomic E-state index is 11.8. The van der Waals surface area contributed by atoms with E-state index in [0.717, 1.165) is 6.54 Å². The molecule has 0 saturated heterocycles. The molecule has 6 heteroatoms. The van der Waals surface area contributed by atoms with Gasteiger partial charge in [-0.15, -0.1) is 0 Å². The summed E-state index contributed by atoms with van der Waals surface area (Å²) >= 11 is 12.1. The fraction of sp³-hybridized carbons (Fsp3) is 0.462. The summed E-state index contributed by atoms with van der Waals surface area (Å²) in [5, 5.41) is 4.13. The van der Waals surface area contributed by atoms with Crippen molar-refractivity contribution in [1.82, 2.24) is 10.2 Å². The summed E-state index contributed by atoms with van der Waals surface area (Å²) in [5.41, 5.74) is 5.07. The van der Waals surface area contributed by atoms with Crippen LogP contribution in [0.25, 0.3) is 0 Å². The average Bonchev–Trinajstić information content (AvgIpc) is 2.31. The van der Waals surface area contributed by atoms with Crippen LogP contribution in [0.2, 0.25) is 10.0 Å². The summed E-state index contributed by atoms with van der Waals surface area (Å²) in [6.45, 7) is 3.10. The van der Waals surface area contributed by atoms with Crippen molar-refractivity contribution in [3.8, 4) is 0 Å². The van der Waals surface area contributed by atoms with E-state index in [1.54, 1.807) is 25.1 Å². The molecule has 1 atom stereocenters. The molecule has 1 amide bonds. The van der Waals surface area contributed by atoms with Crippen LogP contribution in [-0.2, 0) is 10.3 Å². The first kappa shape index (κ1) is 16.2. The van der Waals surface area contributed by atoms with Crippen LogP contribution in [0.5, 0.6) is 0 Å². The summed E-state index contributed by atoms with van der Waals surface area (Å²) in [4.78, 5) is 13.8. The minimum absolute atomic E-state index is 0.461. The van der Waals surface area contributed by atoms with Gasteiger partial charge in [-0.2, -0.15) is 0 Å². The Morgan fingerprint density at radius 3 is 2.58 bits per heavy atom. The number of amides is 1. The molecule has 0 aliphatic rings. The van der Waals surface area contributed by atoms with E-state index in [-0.39, 0.29) is 0 Å². The lowest BCUT2D eigenvalue weighted by Gasteiger charge is -2.29. The van der Waals surface area contributed by atoms with E-state index in [0.29, 0.717) is 22.2 Å². The molecule has 4 nitrogen and oxygen atoms in total. The Morgan fingerprint density at radius 1 is 1.42 bits per heavy atom. The SMILES string of the molecule is CN(C)CCNC(C)(C(N)=O)c1cc(Cl)ccc1Cl. The van der Waals surface area contributed by atoms with E-state index >= 15 is 0 Å². The number of hydrogen-bond donors (Lipinski definition) is 2. The Hall–Kier alpha value is -0.810. The van der Waals surface area contributed by atoms with Crippen molar-refractivity contribution in [2.24, 2.45) is 5.73 Å². The van der Waals surface area contributed by atoms with Crippen LogP contribution in [0, 0.1) is 0 Å². The van der Waals surface area contributed by atoms with Gasteiger partial charge in [-0.25, -0.2) is 0 Å². The zero-order valence-corrected chi connectivity index (χ0v) is 12.8. The highest BCUT2D eigenvalue weighted by Gasteiger charge is 2.34. The van der Waals surface area contributed by atoms with Crippen LogP contribution in [-0.4, -0.2) is 38.0 Å². The molecule has 0 fully saturated rings. The molecule has 1 unspecified atom stereocenters. The van der Waals surface area contributed by atoms with Crippen LogP contribution in [0.1, 0.15) is 12.5 Å². The van der Waals surface area contributed by atoms with E-state index in [2.05, 4.69) is 5.32 Å². The number of carbonyl (C=O) groups is 1. The monoisotopic (exact) mass is 303 g/mol. The predicted molar refractivity (Wildman–Crippen MR) is 79.6 cm³/mol. The lowest BCUT2D eigenvalue weighted by atomic mass is 9.91. The molecule has 1 aromatic carbocycles. The number of nitrogens with one attached hydrogen (secondary N) is 1. The van der Waals surface area contributed by atoms with Crippen molar-refractivity contribution in [3.63, 3.8) is 0 Å². The quantitative estimate of drug-likeness (QED) is 0.843. The lowest BCUT2D eigenvalue weighted by molar-refractivity contribution is -0.124. The minimum Gasteiger partial charge on any atom is -0.368 e. The number of carbonyl (C=O) groups excluding carboxylic acids is 1. The lowest BCUT2D eigenvalue weighted by Crippen LogP contribution is -2.52. The second kappa shape index (κ2) is 6.57. The van der Waals surface area contributed by atoms with Crippen molar-refractivity contribution in [1.29, 1.82) is 0 Å². The van der Waals surface area contributed by atoms with Crippen molar-refractivity contribution >= 4 is 29.1 Å². The molecule has 0 aromatic heterocycles. The maximum atomic E-state index is 11.8. The normalized spacial score (nSPS) is 14.4. The zero-order valence-electron chi connectivity index (χ0n) is 11.3. The van der Waals surface area contributed by atoms with Crippen LogP contribution < -0.4 is 11.1 Å². The van der Waals surface area contributed by atoms with Gasteiger partial charge in [0, 0.05) is 28.7 Å². The number of nitrogens with zero attached hydrogens (tertiary/aromatic N) is 1. The Bertz CT molecular complexity index is 465. The summed E-state index contributed by atoms with van der Waals surface area (Å²) in [6.07, 6.45) is 0. The number of primary amides is 1. The zero-order chi connectivity index (χ0) is 14.6. The van der Waals surface area contributed by atoms with Crippen LogP contribution in [0.3, 0.4) is 0 Å². The van der Waals surface area contributed by atoms with E-state index < -0.39 is 11.4 Å². The third kappa shape index (κ3) is 4.08. The Kier molecular flexibility index (Phi) is 5.62. The minimum atomic E-state index is -1.04. The molecule has 1 aromatic rings. The number of hydrogen-bond acceptors (Lipinski definition) is 3. The van der Waals surface area contributed by atoms with E-state index in [9.17, 15) is 4.79 Å². The molecule has 1 rings (SSSR count). The first-order valence-electron chi connectivity index (χ1n) is 5.92. The molecule has 106 valence electrons. The molecular formula is C13H19Cl2N3O. The van der Waals surface area contributed by atoms with Crippen LogP contribution >= 0.6 is 23.2 Å². The fourth-order valence-electron chi connectivity index (χ4n) is 1.73. The third-order valence-corrected chi connectivity index (χ3v) is 3.56. The summed E-state index contributed by atoms with van der Waals surface area (Å²) in [7, 11) is 3.91. The molecular weight excluding hydrogens is 285 g/mol. The van der Waals surface area contributed by atoms with E-state index in [1.807, 2.05) is 19.0 Å². The fourth-order valence-corrected chi connectivity index (χ4v) is 2.20. The van der Waals surface area contributed by atoms with Gasteiger partial charge in [-0.3, -0.25) is 10.1 Å². The Balaban J connectivity index is 3.04. The van der Waals surface area contributed by atoms with E-state index in [4.69, 9.17) is 28.9 Å². The average molecular weight is 304 g/mol. The molecule has 3 N–H and O–H groups in total. The van der Waals surface area contributed by atoms with Gasteiger partial charge in [0.05, 0.1) is 0 Å². The smallest absolute Gasteiger partial charge is 0.242 e. The van der Waals surface area contributed by atoms with Crippen LogP contribution in [0.4, 0.5) is 0 Å². The number of benzene rings is 1. The number of nitrogens with two attached hydrogens (primary N) is 1. The second-order valence-electron chi connectivity index (χ2n) is 4.84. The molecule has 0 aliphatic heterocycles. The van der Waals surface area contributed by atoms with Crippen molar-refractivity contribution in [2.45, 2.75) is 12.5 Å². The summed E-state index contributed by atoms with van der Waals surface area (Å²) < 4.78 is 0. The highest BCUT2D eigenvalue weighted by molar-refractivity contribution is 6.34. The molecule has 0 bridgehead atoms. The number of halogens is 2. The molecule has 0 aliphatic carbocycles. The first-order chi connectivity index (χ1) is 8.77. The Morgan fingerprint density at radius 2 is 2.05 bits per heavy atom. The van der Waals surface area contributed by atoms with Gasteiger partial charge in [0.15, 0.2) is 0 Å². The summed E-state index contributed by atoms with van der Waals surface area (Å²) in [5.74, 6) is -0.490. The van der Waals surface area contributed by atoms with Gasteiger partial charge in [-0.05, 0) is 39.2 Å². The van der Waals surface area contributed by atoms with Crippen molar-refractivity contribution < 1.29 is 4.79 Å². The third-order valence-electron chi connectivity index (χ3n) is 3.00. The standard InChI is InChI=1S/C13H19Cl2N3O/c1-13(12(16)19,17-6-7-18(2)3)10-8-9(14)4-5-11(10)15/h4-5,8,17H,6-7H2,1-3H3,(H2,16,19). The number of likely N-dealkylation sites (N-methyl/N-ethyl adjacent to an activating group) is 1. The van der Waals surface area contributed by atoms with Crippen LogP contribution in [0.15, 0.2) is 18.2 Å². The highest BCUT2D eigenvalue weighted by Crippen LogP contribution is 2.30. The van der Waals surface area contributed by atoms with Gasteiger partial charge < -0.3 is 10.6 Å². The molecule has 0 spiro atoms. The van der Waals surface area contributed by atoms with Crippen molar-refractivity contribution in [3.05, 3.63) is 33.8 Å². The van der Waals surface area contributed by atoms with Gasteiger partial charge in [0.1, 0.15) is 5.54 Å². The molecule has 0 radical (unpaired) electrons. The number of rotatable bonds is 6. The maximum Gasteiger partial charge on any atom is 0.242 e. The van der Waals surface area contributed by atoms with Crippen molar-refractivity contribution in [2.75, 3.05) is 27.2 Å². The predicted octanol–water partition coefficient (Wildman–Crippen LogP) is 1.85. The van der Waals surface area contributed by atoms with Gasteiger partial charge in [-0.1, -0.05) is 23.2 Å². The largest absolute Gasteiger partial charge is 0.368 e. The van der Waals surface area contributed by atoms with Gasteiger partial charge in [0.25, 0.3) is 0 Å². The Labute approximate surface area is 123 Å². The highest BCUT2D eigenvalue weighted by atomic mass is 35.5. The summed E-state index contributed by atoms with van der Waals surface area (Å²) in [6, 6.07) is 5.00. The van der Waals surface area contributed by atoms with Gasteiger partial charge in [0.2, 0.25) is 5.91 Å².